The van der Waals surface area contributed by atoms with Gasteiger partial charge in [-0.15, -0.1) is 0 Å². The number of benzene rings is 3. The Balaban J connectivity index is 1.41. The van der Waals surface area contributed by atoms with Gasteiger partial charge in [0.05, 0.1) is 23.1 Å². The molecule has 5 atom stereocenters. The molecule has 0 radical (unpaired) electrons. The Morgan fingerprint density at radius 1 is 0.930 bits per heavy atom. The normalized spacial score (nSPS) is 23.4. The van der Waals surface area contributed by atoms with Gasteiger partial charge < -0.3 is 18.4 Å². The molecule has 57 heavy (non-hydrogen) atoms. The number of fused-ring (bicyclic) bond motifs is 4. The zero-order valence-corrected chi connectivity index (χ0v) is 33.9. The third kappa shape index (κ3) is 6.74. The molecule has 0 amide bonds. The van der Waals surface area contributed by atoms with Crippen molar-refractivity contribution in [1.82, 2.24) is 10.1 Å². The summed E-state index contributed by atoms with van der Waals surface area (Å²) in [5.74, 6) is -6.31. The smallest absolute Gasteiger partial charge is 0.417 e. The number of hydrogen-bond donors (Lipinski definition) is 0. The Hall–Kier alpha value is -4.92. The quantitative estimate of drug-likeness (QED) is 0.0876. The van der Waals surface area contributed by atoms with E-state index in [9.17, 15) is 18.0 Å². The first-order valence-electron chi connectivity index (χ1n) is 18.9. The Kier molecular flexibility index (Phi) is 10.2. The second-order valence-electron chi connectivity index (χ2n) is 16.9. The lowest BCUT2D eigenvalue weighted by molar-refractivity contribution is -0.151. The highest BCUT2D eigenvalue weighted by atomic mass is 28.4. The van der Waals surface area contributed by atoms with Crippen LogP contribution in [-0.4, -0.2) is 61.7 Å². The number of rotatable bonds is 10. The Morgan fingerprint density at radius 3 is 2.07 bits per heavy atom. The summed E-state index contributed by atoms with van der Waals surface area (Å²) >= 11 is 0. The average molecular weight is 803 g/mol. The summed E-state index contributed by atoms with van der Waals surface area (Å²) in [6, 6.07) is 18.1. The first-order valence-corrected chi connectivity index (χ1v) is 21.8. The summed E-state index contributed by atoms with van der Waals surface area (Å²) < 4.78 is 69.9. The van der Waals surface area contributed by atoms with E-state index in [1.54, 1.807) is 49.3 Å². The van der Waals surface area contributed by atoms with Crippen molar-refractivity contribution in [2.45, 2.75) is 82.8 Å². The molecular weight excluding hydrogens is 758 g/mol. The van der Waals surface area contributed by atoms with Gasteiger partial charge in [-0.2, -0.15) is 13.2 Å². The van der Waals surface area contributed by atoms with Crippen molar-refractivity contribution in [3.63, 3.8) is 0 Å². The van der Waals surface area contributed by atoms with Crippen LogP contribution in [-0.2, 0) is 35.0 Å². The molecule has 1 aromatic heterocycles. The molecule has 3 aliphatic rings. The number of ether oxygens (including phenoxy) is 2. The summed E-state index contributed by atoms with van der Waals surface area (Å²) in [6.45, 7) is 9.57. The number of hydrogen-bond acceptors (Lipinski definition) is 10. The van der Waals surface area contributed by atoms with E-state index in [4.69, 9.17) is 18.4 Å². The maximum atomic E-state index is 15.7. The Bertz CT molecular complexity index is 2230. The number of halogens is 3. The zero-order valence-electron chi connectivity index (χ0n) is 32.9. The minimum atomic E-state index is -5.02. The Morgan fingerprint density at radius 2 is 1.53 bits per heavy atom. The number of alkyl halides is 3. The molecule has 3 aromatic carbocycles. The van der Waals surface area contributed by atoms with E-state index >= 15 is 14.4 Å². The van der Waals surface area contributed by atoms with Crippen LogP contribution in [0.3, 0.4) is 0 Å². The molecule has 10 nitrogen and oxygen atoms in total. The number of carbonyl (C=O) groups is 4. The lowest BCUT2D eigenvalue weighted by atomic mass is 9.54. The highest BCUT2D eigenvalue weighted by molar-refractivity contribution is 6.74. The van der Waals surface area contributed by atoms with Crippen LogP contribution >= 0.6 is 0 Å². The predicted molar refractivity (Wildman–Crippen MR) is 205 cm³/mol. The van der Waals surface area contributed by atoms with Crippen molar-refractivity contribution >= 4 is 32.0 Å². The van der Waals surface area contributed by atoms with E-state index in [2.05, 4.69) is 5.16 Å². The number of nitrogens with zero attached hydrogens (tertiary/aromatic N) is 2. The van der Waals surface area contributed by atoms with Gasteiger partial charge in [-0.1, -0.05) is 81.4 Å². The molecule has 0 spiro atoms. The number of Topliss-reactive ketones (excluding diaryl/α,β-unsaturated/α-hetero) is 3. The standard InChI is InChI=1S/C43H45F3N2O8Si/c1-41(2,3)57(6,7)56-42-29(35(48(4)5)37-33(39(42)52)40(47-55-37)54-23-25-16-12-9-13-17-25)19-26-18-28-32(36(50)31(26)38(42)51)30(53-22-24-14-10-8-11-15-24)20-27(21-49)34(28)43(44,45)46/h8-17,20-21,26,29,31,35H,18-19,22-23H2,1-7H3/t26-,29-,31?,35-,42-/m0/s1. The molecule has 7 rings (SSSR count). The summed E-state index contributed by atoms with van der Waals surface area (Å²) in [5.41, 5.74) is -3.63. The summed E-state index contributed by atoms with van der Waals surface area (Å²) in [7, 11) is 0.393. The van der Waals surface area contributed by atoms with Crippen LogP contribution < -0.4 is 9.47 Å². The maximum absolute atomic E-state index is 15.7. The van der Waals surface area contributed by atoms with Crippen LogP contribution in [0, 0.1) is 17.8 Å². The second-order valence-corrected chi connectivity index (χ2v) is 21.7. The fourth-order valence-electron chi connectivity index (χ4n) is 8.54. The highest BCUT2D eigenvalue weighted by Crippen LogP contribution is 2.59. The monoisotopic (exact) mass is 802 g/mol. The van der Waals surface area contributed by atoms with Gasteiger partial charge in [0.15, 0.2) is 37.5 Å². The van der Waals surface area contributed by atoms with E-state index in [0.717, 1.165) is 11.6 Å². The fraction of sp³-hybridized carbons (Fsp3) is 0.419. The molecule has 0 saturated heterocycles. The molecule has 0 bridgehead atoms. The van der Waals surface area contributed by atoms with Crippen LogP contribution in [0.1, 0.15) is 92.3 Å². The van der Waals surface area contributed by atoms with Gasteiger partial charge >= 0.3 is 6.18 Å². The molecule has 300 valence electrons. The largest absolute Gasteiger partial charge is 0.488 e. The van der Waals surface area contributed by atoms with Crippen molar-refractivity contribution < 1.29 is 50.8 Å². The van der Waals surface area contributed by atoms with Crippen molar-refractivity contribution in [2.75, 3.05) is 14.1 Å². The van der Waals surface area contributed by atoms with Gasteiger partial charge in [0.25, 0.3) is 5.88 Å². The molecule has 4 aromatic rings. The van der Waals surface area contributed by atoms with E-state index in [1.807, 2.05) is 64.2 Å². The maximum Gasteiger partial charge on any atom is 0.417 e. The first-order chi connectivity index (χ1) is 26.8. The molecular formula is C43H45F3N2O8Si. The SMILES string of the molecule is CN(C)[C@@H]1c2onc(OCc3ccccc3)c2C(=O)[C@@]2(O[Si](C)(C)C(C)(C)C)C(=O)C3C(=O)c4c(OCc5ccccc5)cc(C=O)c(C(F)(F)F)c4C[C@H]3C[C@@H]12. The van der Waals surface area contributed by atoms with Gasteiger partial charge in [-0.3, -0.25) is 24.1 Å². The van der Waals surface area contributed by atoms with Crippen molar-refractivity contribution in [3.05, 3.63) is 111 Å². The topological polar surface area (TPSA) is 125 Å². The summed E-state index contributed by atoms with van der Waals surface area (Å²) in [4.78, 5) is 60.1. The lowest BCUT2D eigenvalue weighted by Crippen LogP contribution is -2.70. The van der Waals surface area contributed by atoms with Gasteiger partial charge in [0.1, 0.15) is 24.5 Å². The molecule has 1 heterocycles. The van der Waals surface area contributed by atoms with Crippen LogP contribution in [0.4, 0.5) is 13.2 Å². The van der Waals surface area contributed by atoms with Crippen molar-refractivity contribution in [2.24, 2.45) is 17.8 Å². The molecule has 1 unspecified atom stereocenters. The predicted octanol–water partition coefficient (Wildman–Crippen LogP) is 8.48. The van der Waals surface area contributed by atoms with Gasteiger partial charge in [-0.25, -0.2) is 0 Å². The van der Waals surface area contributed by atoms with Gasteiger partial charge in [0, 0.05) is 11.5 Å². The molecule has 14 heteroatoms. The highest BCUT2D eigenvalue weighted by Gasteiger charge is 2.70. The average Bonchev–Trinajstić information content (AvgIpc) is 3.56. The van der Waals surface area contributed by atoms with E-state index < -0.39 is 88.5 Å². The van der Waals surface area contributed by atoms with Gasteiger partial charge in [0.2, 0.25) is 5.78 Å². The lowest BCUT2D eigenvalue weighted by Gasteiger charge is -2.56. The molecule has 0 N–H and O–H groups in total. The second kappa shape index (κ2) is 14.5. The van der Waals surface area contributed by atoms with Crippen LogP contribution in [0.25, 0.3) is 0 Å². The zero-order chi connectivity index (χ0) is 41.2. The molecule has 3 aliphatic carbocycles. The third-order valence-corrected chi connectivity index (χ3v) is 16.6. The minimum Gasteiger partial charge on any atom is -0.488 e. The van der Waals surface area contributed by atoms with Crippen LogP contribution in [0.5, 0.6) is 11.6 Å². The Labute approximate surface area is 329 Å². The van der Waals surface area contributed by atoms with E-state index in [-0.39, 0.29) is 55.3 Å². The minimum absolute atomic E-state index is 0.0310. The molecule has 1 saturated carbocycles. The first kappa shape index (κ1) is 40.3. The van der Waals surface area contributed by atoms with Gasteiger partial charge in [-0.05, 0) is 78.9 Å². The summed E-state index contributed by atoms with van der Waals surface area (Å²) in [5, 5.41) is 3.65. The van der Waals surface area contributed by atoms with E-state index in [1.165, 1.54) is 0 Å². The van der Waals surface area contributed by atoms with Crippen LogP contribution in [0.15, 0.2) is 71.3 Å². The number of ketones is 3. The number of aromatic nitrogens is 1. The fourth-order valence-corrected chi connectivity index (χ4v) is 9.99. The van der Waals surface area contributed by atoms with E-state index in [0.29, 0.717) is 5.56 Å². The summed E-state index contributed by atoms with van der Waals surface area (Å²) in [6.07, 6.45) is -5.36. The molecule has 0 aliphatic heterocycles. The number of aldehydes is 1. The van der Waals surface area contributed by atoms with Crippen molar-refractivity contribution in [1.29, 1.82) is 0 Å². The number of carbonyl (C=O) groups excluding carboxylic acids is 4. The van der Waals surface area contributed by atoms with Crippen molar-refractivity contribution in [3.8, 4) is 11.6 Å². The molecule has 1 fully saturated rings. The van der Waals surface area contributed by atoms with Crippen LogP contribution in [0.2, 0.25) is 18.1 Å². The third-order valence-electron chi connectivity index (χ3n) is 12.2.